The van der Waals surface area contributed by atoms with Crippen molar-refractivity contribution in [2.75, 3.05) is 0 Å². The van der Waals surface area contributed by atoms with Gasteiger partial charge < -0.3 is 9.84 Å². The number of halogens is 1. The Morgan fingerprint density at radius 1 is 1.00 bits per heavy atom. The molecule has 1 N–H and O–H groups in total. The minimum absolute atomic E-state index is 0.419. The van der Waals surface area contributed by atoms with Crippen LogP contribution in [0.4, 0.5) is 0 Å². The Bertz CT molecular complexity index is 1080. The Hall–Kier alpha value is -2.18. The third-order valence-electron chi connectivity index (χ3n) is 7.09. The van der Waals surface area contributed by atoms with Crippen LogP contribution in [-0.2, 0) is 25.9 Å². The molecule has 1 aliphatic heterocycles. The molecule has 3 aromatic rings. The molecule has 1 aromatic carbocycles. The molecule has 1 saturated carbocycles. The van der Waals surface area contributed by atoms with Crippen LogP contribution in [0.2, 0.25) is 5.02 Å². The van der Waals surface area contributed by atoms with Crippen LogP contribution in [0.3, 0.4) is 0 Å². The van der Waals surface area contributed by atoms with Crippen molar-refractivity contribution in [1.29, 1.82) is 0 Å². The molecule has 7 heteroatoms. The van der Waals surface area contributed by atoms with E-state index in [-0.39, 0.29) is 0 Å². The second-order valence-corrected chi connectivity index (χ2v) is 9.35. The van der Waals surface area contributed by atoms with Crippen LogP contribution in [0.1, 0.15) is 84.6 Å². The Labute approximate surface area is 181 Å². The third kappa shape index (κ3) is 3.08. The zero-order valence-electron chi connectivity index (χ0n) is 17.0. The van der Waals surface area contributed by atoms with Crippen LogP contribution >= 0.6 is 11.6 Å². The summed E-state index contributed by atoms with van der Waals surface area (Å²) in [5.74, 6) is 4.16. The lowest BCUT2D eigenvalue weighted by Gasteiger charge is -2.28. The highest BCUT2D eigenvalue weighted by Gasteiger charge is 2.33. The van der Waals surface area contributed by atoms with E-state index in [2.05, 4.69) is 31.3 Å². The first-order chi connectivity index (χ1) is 14.8. The summed E-state index contributed by atoms with van der Waals surface area (Å²) >= 11 is 6.25. The Balaban J connectivity index is 1.27. The van der Waals surface area contributed by atoms with Gasteiger partial charge in [-0.25, -0.2) is 0 Å². The van der Waals surface area contributed by atoms with Crippen molar-refractivity contribution in [3.8, 4) is 5.69 Å². The van der Waals surface area contributed by atoms with Crippen molar-refractivity contribution in [2.24, 2.45) is 0 Å². The lowest BCUT2D eigenvalue weighted by atomic mass is 9.78. The molecule has 0 amide bonds. The molecule has 0 spiro atoms. The fourth-order valence-electron chi connectivity index (χ4n) is 5.54. The number of hydrogen-bond acceptors (Lipinski definition) is 5. The summed E-state index contributed by atoms with van der Waals surface area (Å²) in [6, 6.07) is 6.11. The molecule has 2 aromatic heterocycles. The second kappa shape index (κ2) is 7.50. The van der Waals surface area contributed by atoms with E-state index in [1.54, 1.807) is 0 Å². The van der Waals surface area contributed by atoms with Crippen LogP contribution in [0.5, 0.6) is 0 Å². The summed E-state index contributed by atoms with van der Waals surface area (Å²) < 4.78 is 8.11. The standard InChI is InChI=1S/C23H26ClN5O/c24-17-9-10-20-16(11-17)12-25-13-21-26-27-23(29(20)21)15-7-5-14(6-8-15)22-18-3-1-2-4-19(18)28-30-22/h9-11,14-15,25H,1-8,12-13H2. The van der Waals surface area contributed by atoms with E-state index in [4.69, 9.17) is 16.1 Å². The molecule has 3 aliphatic rings. The van der Waals surface area contributed by atoms with Gasteiger partial charge in [-0.05, 0) is 75.1 Å². The van der Waals surface area contributed by atoms with Gasteiger partial charge >= 0.3 is 0 Å². The number of nitrogens with one attached hydrogen (secondary N) is 1. The summed E-state index contributed by atoms with van der Waals surface area (Å²) in [7, 11) is 0. The molecule has 6 rings (SSSR count). The average molecular weight is 424 g/mol. The maximum Gasteiger partial charge on any atom is 0.151 e. The summed E-state index contributed by atoms with van der Waals surface area (Å²) in [5, 5.41) is 17.8. The molecule has 3 heterocycles. The first-order valence-electron chi connectivity index (χ1n) is 11.2. The second-order valence-electron chi connectivity index (χ2n) is 8.91. The Kier molecular flexibility index (Phi) is 4.65. The number of benzene rings is 1. The van der Waals surface area contributed by atoms with Crippen molar-refractivity contribution < 1.29 is 4.52 Å². The largest absolute Gasteiger partial charge is 0.361 e. The summed E-state index contributed by atoms with van der Waals surface area (Å²) in [5.41, 5.74) is 4.98. The average Bonchev–Trinajstić information content (AvgIpc) is 3.34. The third-order valence-corrected chi connectivity index (χ3v) is 7.32. The van der Waals surface area contributed by atoms with E-state index in [1.807, 2.05) is 12.1 Å². The molecule has 30 heavy (non-hydrogen) atoms. The maximum absolute atomic E-state index is 6.25. The van der Waals surface area contributed by atoms with E-state index in [1.165, 1.54) is 35.4 Å². The Morgan fingerprint density at radius 3 is 2.73 bits per heavy atom. The first kappa shape index (κ1) is 18.6. The topological polar surface area (TPSA) is 68.8 Å². The van der Waals surface area contributed by atoms with Crippen LogP contribution < -0.4 is 5.32 Å². The lowest BCUT2D eigenvalue weighted by molar-refractivity contribution is 0.300. The van der Waals surface area contributed by atoms with Crippen LogP contribution in [0, 0.1) is 0 Å². The molecule has 1 fully saturated rings. The molecule has 6 nitrogen and oxygen atoms in total. The zero-order valence-corrected chi connectivity index (χ0v) is 17.8. The lowest BCUT2D eigenvalue weighted by Crippen LogP contribution is -2.17. The molecular weight excluding hydrogens is 398 g/mol. The van der Waals surface area contributed by atoms with Crippen molar-refractivity contribution >= 4 is 11.6 Å². The molecule has 0 radical (unpaired) electrons. The molecule has 0 unspecified atom stereocenters. The first-order valence-corrected chi connectivity index (χ1v) is 11.6. The van der Waals surface area contributed by atoms with Gasteiger partial charge in [0.2, 0.25) is 0 Å². The minimum atomic E-state index is 0.419. The minimum Gasteiger partial charge on any atom is -0.361 e. The highest BCUT2D eigenvalue weighted by molar-refractivity contribution is 6.30. The fourth-order valence-corrected chi connectivity index (χ4v) is 5.74. The van der Waals surface area contributed by atoms with E-state index in [0.29, 0.717) is 11.8 Å². The predicted octanol–water partition coefficient (Wildman–Crippen LogP) is 4.83. The number of aromatic nitrogens is 4. The number of fused-ring (bicyclic) bond motifs is 4. The number of rotatable bonds is 2. The van der Waals surface area contributed by atoms with E-state index in [0.717, 1.165) is 74.0 Å². The number of aryl methyl sites for hydroxylation is 1. The monoisotopic (exact) mass is 423 g/mol. The quantitative estimate of drug-likeness (QED) is 0.639. The highest BCUT2D eigenvalue weighted by Crippen LogP contribution is 2.43. The van der Waals surface area contributed by atoms with Gasteiger partial charge in [0, 0.05) is 29.0 Å². The summed E-state index contributed by atoms with van der Waals surface area (Å²) in [6.45, 7) is 1.51. The molecule has 0 bridgehead atoms. The molecule has 156 valence electrons. The van der Waals surface area contributed by atoms with Gasteiger partial charge in [0.25, 0.3) is 0 Å². The normalized spacial score (nSPS) is 23.4. The van der Waals surface area contributed by atoms with Crippen LogP contribution in [0.15, 0.2) is 22.7 Å². The van der Waals surface area contributed by atoms with Crippen molar-refractivity contribution in [3.05, 3.63) is 57.5 Å². The van der Waals surface area contributed by atoms with E-state index in [9.17, 15) is 0 Å². The molecule has 2 aliphatic carbocycles. The van der Waals surface area contributed by atoms with Crippen LogP contribution in [-0.4, -0.2) is 19.9 Å². The fraction of sp³-hybridized carbons (Fsp3) is 0.522. The SMILES string of the molecule is Clc1ccc2c(c1)CNCc1nnc(C3CCC(c4onc5c4CCCC5)CC3)n1-2. The Morgan fingerprint density at radius 2 is 1.83 bits per heavy atom. The summed E-state index contributed by atoms with van der Waals surface area (Å²) in [6.07, 6.45) is 9.19. The maximum atomic E-state index is 6.25. The molecular formula is C23H26ClN5O. The van der Waals surface area contributed by atoms with Crippen molar-refractivity contribution in [3.63, 3.8) is 0 Å². The summed E-state index contributed by atoms with van der Waals surface area (Å²) in [4.78, 5) is 0. The molecule has 0 atom stereocenters. The van der Waals surface area contributed by atoms with Gasteiger partial charge in [0.05, 0.1) is 17.9 Å². The zero-order chi connectivity index (χ0) is 20.1. The van der Waals surface area contributed by atoms with Crippen LogP contribution in [0.25, 0.3) is 5.69 Å². The number of nitrogens with zero attached hydrogens (tertiary/aromatic N) is 4. The van der Waals surface area contributed by atoms with Gasteiger partial charge in [-0.3, -0.25) is 4.57 Å². The van der Waals surface area contributed by atoms with Crippen molar-refractivity contribution in [1.82, 2.24) is 25.2 Å². The van der Waals surface area contributed by atoms with Gasteiger partial charge in [0.1, 0.15) is 11.6 Å². The smallest absolute Gasteiger partial charge is 0.151 e. The number of hydrogen-bond donors (Lipinski definition) is 1. The van der Waals surface area contributed by atoms with Gasteiger partial charge in [-0.1, -0.05) is 16.8 Å². The van der Waals surface area contributed by atoms with Gasteiger partial charge in [0.15, 0.2) is 5.82 Å². The van der Waals surface area contributed by atoms with E-state index >= 15 is 0 Å². The highest BCUT2D eigenvalue weighted by atomic mass is 35.5. The van der Waals surface area contributed by atoms with Gasteiger partial charge in [-0.15, -0.1) is 10.2 Å². The predicted molar refractivity (Wildman–Crippen MR) is 114 cm³/mol. The molecule has 0 saturated heterocycles. The van der Waals surface area contributed by atoms with Gasteiger partial charge in [-0.2, -0.15) is 0 Å². The van der Waals surface area contributed by atoms with E-state index < -0.39 is 0 Å². The van der Waals surface area contributed by atoms with Crippen molar-refractivity contribution in [2.45, 2.75) is 76.3 Å².